The van der Waals surface area contributed by atoms with Gasteiger partial charge in [0.2, 0.25) is 5.91 Å². The van der Waals surface area contributed by atoms with Gasteiger partial charge in [0.25, 0.3) is 0 Å². The van der Waals surface area contributed by atoms with Crippen LogP contribution in [0, 0.1) is 5.41 Å². The first kappa shape index (κ1) is 14.4. The van der Waals surface area contributed by atoms with Gasteiger partial charge in [0.1, 0.15) is 0 Å². The molecule has 0 aromatic heterocycles. The average molecular weight is 216 g/mol. The van der Waals surface area contributed by atoms with Gasteiger partial charge in [-0.15, -0.1) is 0 Å². The van der Waals surface area contributed by atoms with Gasteiger partial charge in [-0.1, -0.05) is 20.8 Å². The summed E-state index contributed by atoms with van der Waals surface area (Å²) in [6, 6.07) is -0.548. The summed E-state index contributed by atoms with van der Waals surface area (Å²) >= 11 is 0. The molecule has 3 N–H and O–H groups in total. The Morgan fingerprint density at radius 2 is 1.73 bits per heavy atom. The van der Waals surface area contributed by atoms with Gasteiger partial charge in [0, 0.05) is 7.05 Å². The summed E-state index contributed by atoms with van der Waals surface area (Å²) in [5.41, 5.74) is 5.04. The fourth-order valence-corrected chi connectivity index (χ4v) is 0.983. The zero-order valence-corrected chi connectivity index (χ0v) is 10.7. The van der Waals surface area contributed by atoms with Crippen LogP contribution in [0.25, 0.3) is 0 Å². The van der Waals surface area contributed by atoms with Gasteiger partial charge in [-0.3, -0.25) is 4.79 Å². The Morgan fingerprint density at radius 1 is 1.33 bits per heavy atom. The van der Waals surface area contributed by atoms with Crippen LogP contribution in [-0.2, 0) is 4.79 Å². The maximum atomic E-state index is 12.0. The van der Waals surface area contributed by atoms with Gasteiger partial charge in [0.05, 0.1) is 18.2 Å². The van der Waals surface area contributed by atoms with Crippen LogP contribution in [-0.4, -0.2) is 41.1 Å². The molecule has 0 aliphatic heterocycles. The SMILES string of the molecule is CN(C(=O)[C@@H](N)C(C)(C)C)C(C)(C)CO. The van der Waals surface area contributed by atoms with Crippen LogP contribution >= 0.6 is 0 Å². The molecule has 0 radical (unpaired) electrons. The number of aliphatic hydroxyl groups is 1. The van der Waals surface area contributed by atoms with Gasteiger partial charge in [0.15, 0.2) is 0 Å². The highest BCUT2D eigenvalue weighted by Crippen LogP contribution is 2.21. The molecule has 0 aliphatic rings. The van der Waals surface area contributed by atoms with Crippen molar-refractivity contribution in [3.05, 3.63) is 0 Å². The maximum absolute atomic E-state index is 12.0. The van der Waals surface area contributed by atoms with Crippen molar-refractivity contribution in [2.45, 2.75) is 46.2 Å². The number of hydrogen-bond acceptors (Lipinski definition) is 3. The highest BCUT2D eigenvalue weighted by Gasteiger charge is 2.35. The first-order chi connectivity index (χ1) is 6.54. The predicted octanol–water partition coefficient (Wildman–Crippen LogP) is 0.589. The molecule has 0 aromatic carbocycles. The lowest BCUT2D eigenvalue weighted by Crippen LogP contribution is -2.56. The van der Waals surface area contributed by atoms with E-state index in [2.05, 4.69) is 0 Å². The predicted molar refractivity (Wildman–Crippen MR) is 61.4 cm³/mol. The first-order valence-electron chi connectivity index (χ1n) is 5.18. The van der Waals surface area contributed by atoms with E-state index in [0.717, 1.165) is 0 Å². The third-order valence-corrected chi connectivity index (χ3v) is 2.82. The zero-order chi connectivity index (χ0) is 12.4. The minimum atomic E-state index is -0.569. The Kier molecular flexibility index (Phi) is 4.31. The topological polar surface area (TPSA) is 66.6 Å². The summed E-state index contributed by atoms with van der Waals surface area (Å²) in [5, 5.41) is 9.16. The lowest BCUT2D eigenvalue weighted by atomic mass is 9.86. The molecule has 0 fully saturated rings. The molecule has 15 heavy (non-hydrogen) atoms. The van der Waals surface area contributed by atoms with Crippen molar-refractivity contribution in [3.8, 4) is 0 Å². The molecule has 1 atom stereocenters. The van der Waals surface area contributed by atoms with Gasteiger partial charge in [-0.25, -0.2) is 0 Å². The van der Waals surface area contributed by atoms with E-state index in [-0.39, 0.29) is 17.9 Å². The largest absolute Gasteiger partial charge is 0.394 e. The first-order valence-corrected chi connectivity index (χ1v) is 5.18. The number of carbonyl (C=O) groups excluding carboxylic acids is 1. The minimum absolute atomic E-state index is 0.0773. The van der Waals surface area contributed by atoms with E-state index in [0.29, 0.717) is 0 Å². The van der Waals surface area contributed by atoms with E-state index >= 15 is 0 Å². The molecule has 0 heterocycles. The van der Waals surface area contributed by atoms with Gasteiger partial charge in [-0.2, -0.15) is 0 Å². The molecule has 4 heteroatoms. The number of nitrogens with two attached hydrogens (primary N) is 1. The Morgan fingerprint density at radius 3 is 2.00 bits per heavy atom. The van der Waals surface area contributed by atoms with Crippen molar-refractivity contribution in [1.29, 1.82) is 0 Å². The fourth-order valence-electron chi connectivity index (χ4n) is 0.983. The van der Waals surface area contributed by atoms with Crippen LogP contribution in [0.2, 0.25) is 0 Å². The molecule has 0 aliphatic carbocycles. The molecular weight excluding hydrogens is 192 g/mol. The molecule has 0 unspecified atom stereocenters. The second-order valence-corrected chi connectivity index (χ2v) is 5.71. The van der Waals surface area contributed by atoms with Crippen LogP contribution in [0.5, 0.6) is 0 Å². The standard InChI is InChI=1S/C11H24N2O2/c1-10(2,3)8(12)9(15)13(6)11(4,5)7-14/h8,14H,7,12H2,1-6H3/t8-/m1/s1. The Hall–Kier alpha value is -0.610. The molecule has 1 amide bonds. The third kappa shape index (κ3) is 3.47. The monoisotopic (exact) mass is 216 g/mol. The Bertz CT molecular complexity index is 231. The number of likely N-dealkylation sites (N-methyl/N-ethyl adjacent to an activating group) is 1. The molecule has 0 rings (SSSR count). The summed E-state index contributed by atoms with van der Waals surface area (Å²) in [7, 11) is 1.67. The van der Waals surface area contributed by atoms with E-state index in [1.165, 1.54) is 4.90 Å². The smallest absolute Gasteiger partial charge is 0.240 e. The number of amides is 1. The van der Waals surface area contributed by atoms with Crippen LogP contribution < -0.4 is 5.73 Å². The van der Waals surface area contributed by atoms with Crippen molar-refractivity contribution in [2.75, 3.05) is 13.7 Å². The molecule has 0 aromatic rings. The molecule has 0 saturated carbocycles. The van der Waals surface area contributed by atoms with E-state index in [4.69, 9.17) is 10.8 Å². The van der Waals surface area contributed by atoms with Crippen LogP contribution in [0.3, 0.4) is 0 Å². The Labute approximate surface area is 92.4 Å². The Balaban J connectivity index is 4.74. The van der Waals surface area contributed by atoms with Crippen LogP contribution in [0.1, 0.15) is 34.6 Å². The van der Waals surface area contributed by atoms with Crippen molar-refractivity contribution >= 4 is 5.91 Å². The van der Waals surface area contributed by atoms with Gasteiger partial charge in [-0.05, 0) is 19.3 Å². The van der Waals surface area contributed by atoms with Gasteiger partial charge < -0.3 is 15.7 Å². The third-order valence-electron chi connectivity index (χ3n) is 2.82. The molecule has 0 spiro atoms. The number of carbonyl (C=O) groups is 1. The zero-order valence-electron chi connectivity index (χ0n) is 10.7. The van der Waals surface area contributed by atoms with Gasteiger partial charge >= 0.3 is 0 Å². The lowest BCUT2D eigenvalue weighted by molar-refractivity contribution is -0.139. The average Bonchev–Trinajstić information content (AvgIpc) is 2.12. The van der Waals surface area contributed by atoms with Crippen LogP contribution in [0.4, 0.5) is 0 Å². The number of hydrogen-bond donors (Lipinski definition) is 2. The molecular formula is C11H24N2O2. The summed E-state index contributed by atoms with van der Waals surface area (Å²) in [6.07, 6.45) is 0. The van der Waals surface area contributed by atoms with E-state index < -0.39 is 11.6 Å². The maximum Gasteiger partial charge on any atom is 0.240 e. The summed E-state index contributed by atoms with van der Waals surface area (Å²) in [5.74, 6) is -0.137. The summed E-state index contributed by atoms with van der Waals surface area (Å²) < 4.78 is 0. The highest BCUT2D eigenvalue weighted by molar-refractivity contribution is 5.82. The number of nitrogens with zero attached hydrogens (tertiary/aromatic N) is 1. The molecule has 4 nitrogen and oxygen atoms in total. The van der Waals surface area contributed by atoms with Crippen molar-refractivity contribution < 1.29 is 9.90 Å². The quantitative estimate of drug-likeness (QED) is 0.725. The van der Waals surface area contributed by atoms with E-state index in [1.807, 2.05) is 20.8 Å². The summed E-state index contributed by atoms with van der Waals surface area (Å²) in [6.45, 7) is 9.31. The van der Waals surface area contributed by atoms with Crippen molar-refractivity contribution in [3.63, 3.8) is 0 Å². The van der Waals surface area contributed by atoms with Crippen molar-refractivity contribution in [2.24, 2.45) is 11.1 Å². The van der Waals surface area contributed by atoms with Crippen LogP contribution in [0.15, 0.2) is 0 Å². The minimum Gasteiger partial charge on any atom is -0.394 e. The lowest BCUT2D eigenvalue weighted by Gasteiger charge is -2.38. The fraction of sp³-hybridized carbons (Fsp3) is 0.909. The molecule has 90 valence electrons. The van der Waals surface area contributed by atoms with E-state index in [1.54, 1.807) is 20.9 Å². The second kappa shape index (κ2) is 4.49. The highest BCUT2D eigenvalue weighted by atomic mass is 16.3. The molecule has 0 bridgehead atoms. The number of rotatable bonds is 3. The van der Waals surface area contributed by atoms with Crippen molar-refractivity contribution in [1.82, 2.24) is 4.90 Å². The molecule has 0 saturated heterocycles. The summed E-state index contributed by atoms with van der Waals surface area (Å²) in [4.78, 5) is 13.5. The second-order valence-electron chi connectivity index (χ2n) is 5.71. The van der Waals surface area contributed by atoms with E-state index in [9.17, 15) is 4.79 Å². The normalized spacial score (nSPS) is 14.9. The number of aliphatic hydroxyl groups excluding tert-OH is 1.